The number of carbonyl (C=O) groups excluding carboxylic acids is 1. The van der Waals surface area contributed by atoms with E-state index in [2.05, 4.69) is 20.9 Å². The molecule has 0 atom stereocenters. The molecule has 1 aromatic carbocycles. The van der Waals surface area contributed by atoms with Gasteiger partial charge in [-0.15, -0.1) is 0 Å². The molecular weight excluding hydrogens is 408 g/mol. The van der Waals surface area contributed by atoms with E-state index in [-0.39, 0.29) is 5.91 Å². The van der Waals surface area contributed by atoms with Crippen molar-refractivity contribution in [2.24, 2.45) is 4.99 Å². The van der Waals surface area contributed by atoms with Crippen molar-refractivity contribution in [1.82, 2.24) is 9.80 Å². The second kappa shape index (κ2) is 8.87. The van der Waals surface area contributed by atoms with E-state index < -0.39 is 0 Å². The van der Waals surface area contributed by atoms with Gasteiger partial charge in [-0.25, -0.2) is 0 Å². The van der Waals surface area contributed by atoms with Gasteiger partial charge in [-0.3, -0.25) is 9.69 Å². The molecule has 2 aliphatic rings. The molecule has 2 aliphatic heterocycles. The second-order valence-electron chi connectivity index (χ2n) is 6.76. The standard InChI is InChI=1S/C21H19ClN4O2S/c22-16-4-2-15(3-5-16)18-7-6-17(28-18)14-19-20(27)24-21(29-19)26-12-10-25(11-13-26)9-1-8-23/h2-7,14H,1,9-13H2/b19-14+. The highest BCUT2D eigenvalue weighted by Gasteiger charge is 2.28. The normalized spacial score (nSPS) is 18.9. The quantitative estimate of drug-likeness (QED) is 0.685. The lowest BCUT2D eigenvalue weighted by molar-refractivity contribution is -0.113. The maximum Gasteiger partial charge on any atom is 0.286 e. The highest BCUT2D eigenvalue weighted by molar-refractivity contribution is 8.18. The number of nitrogens with zero attached hydrogens (tertiary/aromatic N) is 4. The first-order chi connectivity index (χ1) is 14.1. The van der Waals surface area contributed by atoms with E-state index >= 15 is 0 Å². The van der Waals surface area contributed by atoms with E-state index in [1.807, 2.05) is 36.4 Å². The third-order valence-electron chi connectivity index (χ3n) is 4.82. The summed E-state index contributed by atoms with van der Waals surface area (Å²) in [5, 5.41) is 10.1. The molecule has 0 radical (unpaired) electrons. The third-order valence-corrected chi connectivity index (χ3v) is 6.12. The fraction of sp³-hybridized carbons (Fsp3) is 0.286. The van der Waals surface area contributed by atoms with Crippen LogP contribution in [0.3, 0.4) is 0 Å². The van der Waals surface area contributed by atoms with Crippen molar-refractivity contribution in [3.63, 3.8) is 0 Å². The summed E-state index contributed by atoms with van der Waals surface area (Å²) in [7, 11) is 0. The molecule has 1 amide bonds. The summed E-state index contributed by atoms with van der Waals surface area (Å²) >= 11 is 7.31. The van der Waals surface area contributed by atoms with Gasteiger partial charge in [-0.1, -0.05) is 11.6 Å². The summed E-state index contributed by atoms with van der Waals surface area (Å²) < 4.78 is 5.87. The third kappa shape index (κ3) is 4.73. The molecule has 1 aromatic heterocycles. The molecule has 29 heavy (non-hydrogen) atoms. The van der Waals surface area contributed by atoms with Crippen LogP contribution < -0.4 is 0 Å². The van der Waals surface area contributed by atoms with Gasteiger partial charge in [0, 0.05) is 55.8 Å². The molecule has 0 bridgehead atoms. The van der Waals surface area contributed by atoms with Crippen LogP contribution in [0.5, 0.6) is 0 Å². The van der Waals surface area contributed by atoms with E-state index in [0.29, 0.717) is 22.1 Å². The number of furan rings is 1. The van der Waals surface area contributed by atoms with Gasteiger partial charge in [-0.2, -0.15) is 10.3 Å². The molecule has 8 heteroatoms. The van der Waals surface area contributed by atoms with Crippen LogP contribution >= 0.6 is 23.4 Å². The zero-order valence-corrected chi connectivity index (χ0v) is 17.2. The molecule has 148 valence electrons. The molecule has 0 N–H and O–H groups in total. The Kier molecular flexibility index (Phi) is 6.05. The molecule has 0 saturated carbocycles. The smallest absolute Gasteiger partial charge is 0.286 e. The highest BCUT2D eigenvalue weighted by Crippen LogP contribution is 2.32. The zero-order chi connectivity index (χ0) is 20.2. The highest BCUT2D eigenvalue weighted by atomic mass is 35.5. The lowest BCUT2D eigenvalue weighted by atomic mass is 10.2. The molecule has 1 saturated heterocycles. The minimum Gasteiger partial charge on any atom is -0.457 e. The Morgan fingerprint density at radius 1 is 1.17 bits per heavy atom. The number of nitriles is 1. The first-order valence-corrected chi connectivity index (χ1v) is 10.5. The number of thioether (sulfide) groups is 1. The fourth-order valence-electron chi connectivity index (χ4n) is 3.23. The number of benzene rings is 1. The van der Waals surface area contributed by atoms with Crippen LogP contribution in [-0.4, -0.2) is 53.6 Å². The van der Waals surface area contributed by atoms with Crippen molar-refractivity contribution < 1.29 is 9.21 Å². The average Bonchev–Trinajstić information content (AvgIpc) is 3.35. The molecule has 6 nitrogen and oxygen atoms in total. The van der Waals surface area contributed by atoms with Crippen molar-refractivity contribution in [3.8, 4) is 17.4 Å². The van der Waals surface area contributed by atoms with Crippen LogP contribution in [0.15, 0.2) is 50.7 Å². The van der Waals surface area contributed by atoms with Gasteiger partial charge in [0.05, 0.1) is 11.0 Å². The van der Waals surface area contributed by atoms with E-state index in [4.69, 9.17) is 21.3 Å². The number of amidine groups is 1. The van der Waals surface area contributed by atoms with E-state index in [0.717, 1.165) is 49.2 Å². The summed E-state index contributed by atoms with van der Waals surface area (Å²) in [5.74, 6) is 1.10. The average molecular weight is 427 g/mol. The van der Waals surface area contributed by atoms with Crippen molar-refractivity contribution in [3.05, 3.63) is 52.1 Å². The molecule has 0 aliphatic carbocycles. The number of aliphatic imine (C=N–C) groups is 1. The van der Waals surface area contributed by atoms with Crippen LogP contribution in [0, 0.1) is 11.3 Å². The van der Waals surface area contributed by atoms with Crippen LogP contribution in [-0.2, 0) is 4.79 Å². The molecular formula is C21H19ClN4O2S. The van der Waals surface area contributed by atoms with Crippen LogP contribution in [0.2, 0.25) is 5.02 Å². The zero-order valence-electron chi connectivity index (χ0n) is 15.7. The summed E-state index contributed by atoms with van der Waals surface area (Å²) in [5.41, 5.74) is 0.927. The largest absolute Gasteiger partial charge is 0.457 e. The Labute approximate surface area is 178 Å². The van der Waals surface area contributed by atoms with E-state index in [1.165, 1.54) is 11.8 Å². The maximum absolute atomic E-state index is 12.3. The topological polar surface area (TPSA) is 72.8 Å². The first kappa shape index (κ1) is 19.8. The number of piperazine rings is 1. The molecule has 0 spiro atoms. The summed E-state index contributed by atoms with van der Waals surface area (Å²) in [4.78, 5) is 21.5. The second-order valence-corrected chi connectivity index (χ2v) is 8.20. The molecule has 0 unspecified atom stereocenters. The SMILES string of the molecule is N#CCCN1CCN(C2=NC(=O)/C(=C\c3ccc(-c4ccc(Cl)cc4)o3)S2)CC1. The number of carbonyl (C=O) groups is 1. The number of halogens is 1. The fourth-order valence-corrected chi connectivity index (χ4v) is 4.30. The number of rotatable bonds is 4. The minimum absolute atomic E-state index is 0.235. The number of amides is 1. The Morgan fingerprint density at radius 3 is 2.66 bits per heavy atom. The van der Waals surface area contributed by atoms with Gasteiger partial charge in [0.25, 0.3) is 5.91 Å². The van der Waals surface area contributed by atoms with Crippen molar-refractivity contribution in [2.45, 2.75) is 6.42 Å². The van der Waals surface area contributed by atoms with Gasteiger partial charge < -0.3 is 9.32 Å². The van der Waals surface area contributed by atoms with Crippen molar-refractivity contribution in [2.75, 3.05) is 32.7 Å². The van der Waals surface area contributed by atoms with Crippen molar-refractivity contribution >= 4 is 40.5 Å². The summed E-state index contributed by atoms with van der Waals surface area (Å²) in [6.07, 6.45) is 2.29. The minimum atomic E-state index is -0.235. The molecule has 3 heterocycles. The van der Waals surface area contributed by atoms with Gasteiger partial charge in [-0.05, 0) is 48.2 Å². The molecule has 1 fully saturated rings. The molecule has 2 aromatic rings. The predicted molar refractivity (Wildman–Crippen MR) is 115 cm³/mol. The van der Waals surface area contributed by atoms with Gasteiger partial charge in [0.2, 0.25) is 0 Å². The first-order valence-electron chi connectivity index (χ1n) is 9.35. The Bertz CT molecular complexity index is 998. The summed E-state index contributed by atoms with van der Waals surface area (Å²) in [6, 6.07) is 13.3. The van der Waals surface area contributed by atoms with Crippen molar-refractivity contribution in [1.29, 1.82) is 5.26 Å². The van der Waals surface area contributed by atoms with E-state index in [1.54, 1.807) is 6.08 Å². The summed E-state index contributed by atoms with van der Waals surface area (Å²) in [6.45, 7) is 4.15. The van der Waals surface area contributed by atoms with Crippen LogP contribution in [0.25, 0.3) is 17.4 Å². The molecule has 4 rings (SSSR count). The number of hydrogen-bond acceptors (Lipinski definition) is 6. The van der Waals surface area contributed by atoms with E-state index in [9.17, 15) is 4.79 Å². The Balaban J connectivity index is 1.39. The lowest BCUT2D eigenvalue weighted by Crippen LogP contribution is -2.47. The van der Waals surface area contributed by atoms with Gasteiger partial charge in [0.1, 0.15) is 11.5 Å². The van der Waals surface area contributed by atoms with Gasteiger partial charge >= 0.3 is 0 Å². The number of hydrogen-bond donors (Lipinski definition) is 0. The van der Waals surface area contributed by atoms with Gasteiger partial charge in [0.15, 0.2) is 5.17 Å². The predicted octanol–water partition coefficient (Wildman–Crippen LogP) is 4.10. The van der Waals surface area contributed by atoms with Crippen LogP contribution in [0.4, 0.5) is 0 Å². The Hall–Kier alpha value is -2.53. The Morgan fingerprint density at radius 2 is 1.93 bits per heavy atom. The van der Waals surface area contributed by atoms with Crippen LogP contribution in [0.1, 0.15) is 12.2 Å². The lowest BCUT2D eigenvalue weighted by Gasteiger charge is -2.34. The monoisotopic (exact) mass is 426 g/mol. The maximum atomic E-state index is 12.3.